The van der Waals surface area contributed by atoms with E-state index in [1.165, 1.54) is 6.07 Å². The van der Waals surface area contributed by atoms with Gasteiger partial charge in [0.1, 0.15) is 12.1 Å². The average Bonchev–Trinajstić information content (AvgIpc) is 3.51. The highest BCUT2D eigenvalue weighted by Gasteiger charge is 2.53. The molecule has 1 aliphatic heterocycles. The van der Waals surface area contributed by atoms with Crippen LogP contribution in [-0.4, -0.2) is 46.8 Å². The van der Waals surface area contributed by atoms with E-state index in [2.05, 4.69) is 36.7 Å². The van der Waals surface area contributed by atoms with Crippen LogP contribution in [-0.2, 0) is 9.59 Å². The van der Waals surface area contributed by atoms with E-state index in [1.807, 2.05) is 0 Å². The van der Waals surface area contributed by atoms with E-state index in [4.69, 9.17) is 11.6 Å². The predicted octanol–water partition coefficient (Wildman–Crippen LogP) is 3.70. The molecule has 178 valence electrons. The van der Waals surface area contributed by atoms with Crippen LogP contribution in [0.15, 0.2) is 18.2 Å². The summed E-state index contributed by atoms with van der Waals surface area (Å²) < 4.78 is 0. The summed E-state index contributed by atoms with van der Waals surface area (Å²) >= 11 is 6.23. The Morgan fingerprint density at radius 1 is 1.15 bits per heavy atom. The second-order valence-corrected chi connectivity index (χ2v) is 10.9. The molecule has 2 saturated carbocycles. The molecule has 9 heteroatoms. The van der Waals surface area contributed by atoms with Gasteiger partial charge in [-0.25, -0.2) is 4.79 Å². The van der Waals surface area contributed by atoms with Gasteiger partial charge in [-0.05, 0) is 68.1 Å². The van der Waals surface area contributed by atoms with E-state index in [0.29, 0.717) is 30.0 Å². The number of urea groups is 1. The normalized spacial score (nSPS) is 25.2. The maximum absolute atomic E-state index is 13.1. The van der Waals surface area contributed by atoms with Gasteiger partial charge in [0.15, 0.2) is 0 Å². The van der Waals surface area contributed by atoms with Crippen molar-refractivity contribution in [1.82, 2.24) is 15.5 Å². The molecular formula is C24H31ClN4O4. The van der Waals surface area contributed by atoms with Crippen molar-refractivity contribution in [3.63, 3.8) is 0 Å². The molecule has 0 aromatic heterocycles. The number of halogens is 1. The van der Waals surface area contributed by atoms with Gasteiger partial charge in [0.2, 0.25) is 5.91 Å². The number of rotatable bonds is 5. The van der Waals surface area contributed by atoms with Gasteiger partial charge in [-0.15, -0.1) is 0 Å². The maximum atomic E-state index is 13.1. The number of anilines is 1. The second kappa shape index (κ2) is 8.63. The summed E-state index contributed by atoms with van der Waals surface area (Å²) in [5, 5.41) is 8.60. The molecular weight excluding hydrogens is 444 g/mol. The quantitative estimate of drug-likeness (QED) is 0.565. The molecule has 1 spiro atoms. The third-order valence-electron chi connectivity index (χ3n) is 7.02. The Morgan fingerprint density at radius 3 is 2.39 bits per heavy atom. The number of hydrogen-bond acceptors (Lipinski definition) is 4. The Kier molecular flexibility index (Phi) is 6.16. The first-order chi connectivity index (χ1) is 15.5. The van der Waals surface area contributed by atoms with Crippen molar-refractivity contribution < 1.29 is 19.2 Å². The third kappa shape index (κ3) is 5.00. The van der Waals surface area contributed by atoms with Crippen LogP contribution in [0.4, 0.5) is 10.5 Å². The molecule has 3 aliphatic rings. The lowest BCUT2D eigenvalue weighted by Gasteiger charge is -2.40. The first-order valence-electron chi connectivity index (χ1n) is 11.5. The molecule has 0 bridgehead atoms. The third-order valence-corrected chi connectivity index (χ3v) is 7.33. The van der Waals surface area contributed by atoms with E-state index in [-0.39, 0.29) is 34.8 Å². The number of benzene rings is 1. The number of carbonyl (C=O) groups is 4. The van der Waals surface area contributed by atoms with E-state index in [1.54, 1.807) is 12.1 Å². The minimum Gasteiger partial charge on any atom is -0.349 e. The van der Waals surface area contributed by atoms with Crippen molar-refractivity contribution in [3.05, 3.63) is 28.8 Å². The molecule has 2 aliphatic carbocycles. The van der Waals surface area contributed by atoms with Crippen LogP contribution in [0.2, 0.25) is 5.02 Å². The number of amides is 5. The van der Waals surface area contributed by atoms with Crippen LogP contribution in [0.1, 0.15) is 69.7 Å². The molecule has 3 fully saturated rings. The van der Waals surface area contributed by atoms with Crippen molar-refractivity contribution in [2.45, 2.75) is 70.9 Å². The van der Waals surface area contributed by atoms with E-state index in [9.17, 15) is 19.2 Å². The Balaban J connectivity index is 1.36. The van der Waals surface area contributed by atoms with E-state index < -0.39 is 17.5 Å². The van der Waals surface area contributed by atoms with Crippen LogP contribution in [0, 0.1) is 11.3 Å². The number of hydrogen-bond donors (Lipinski definition) is 3. The highest BCUT2D eigenvalue weighted by atomic mass is 35.5. The Morgan fingerprint density at radius 2 is 1.82 bits per heavy atom. The molecule has 0 radical (unpaired) electrons. The molecule has 1 heterocycles. The molecule has 0 unspecified atom stereocenters. The van der Waals surface area contributed by atoms with Gasteiger partial charge in [-0.3, -0.25) is 19.3 Å². The standard InChI is InChI=1S/C24H31ClN4O4/c1-23(2,3)14-8-10-24(11-9-14)21(32)29(22(33)28-24)13-19(30)26-16-6-7-17(18(25)12-16)20(31)27-15-4-5-15/h6-7,12,14-15H,4-5,8-11,13H2,1-3H3,(H,26,30)(H,27,31)(H,28,33). The van der Waals surface area contributed by atoms with Crippen LogP contribution in [0.3, 0.4) is 0 Å². The molecule has 0 atom stereocenters. The zero-order valence-electron chi connectivity index (χ0n) is 19.3. The fourth-order valence-electron chi connectivity index (χ4n) is 4.75. The number of imide groups is 1. The lowest BCUT2D eigenvalue weighted by Crippen LogP contribution is -2.50. The van der Waals surface area contributed by atoms with Crippen molar-refractivity contribution in [2.24, 2.45) is 11.3 Å². The molecule has 8 nitrogen and oxygen atoms in total. The van der Waals surface area contributed by atoms with Gasteiger partial charge in [0, 0.05) is 11.7 Å². The van der Waals surface area contributed by atoms with Crippen LogP contribution < -0.4 is 16.0 Å². The zero-order chi connectivity index (χ0) is 24.0. The fourth-order valence-corrected chi connectivity index (χ4v) is 5.01. The molecule has 1 aromatic carbocycles. The molecule has 3 N–H and O–H groups in total. The largest absolute Gasteiger partial charge is 0.349 e. The van der Waals surface area contributed by atoms with Crippen LogP contribution >= 0.6 is 11.6 Å². The highest BCUT2D eigenvalue weighted by molar-refractivity contribution is 6.34. The van der Waals surface area contributed by atoms with Crippen LogP contribution in [0.5, 0.6) is 0 Å². The van der Waals surface area contributed by atoms with Crippen molar-refractivity contribution in [1.29, 1.82) is 0 Å². The summed E-state index contributed by atoms with van der Waals surface area (Å²) in [6.45, 7) is 6.20. The van der Waals surface area contributed by atoms with E-state index >= 15 is 0 Å². The van der Waals surface area contributed by atoms with Crippen molar-refractivity contribution in [2.75, 3.05) is 11.9 Å². The minimum atomic E-state index is -0.904. The van der Waals surface area contributed by atoms with Crippen LogP contribution in [0.25, 0.3) is 0 Å². The maximum Gasteiger partial charge on any atom is 0.325 e. The number of nitrogens with one attached hydrogen (secondary N) is 3. The predicted molar refractivity (Wildman–Crippen MR) is 125 cm³/mol. The summed E-state index contributed by atoms with van der Waals surface area (Å²) in [6, 6.07) is 4.29. The summed E-state index contributed by atoms with van der Waals surface area (Å²) in [6.07, 6.45) is 4.82. The second-order valence-electron chi connectivity index (χ2n) is 10.5. The molecule has 1 saturated heterocycles. The van der Waals surface area contributed by atoms with Gasteiger partial charge in [0.25, 0.3) is 11.8 Å². The van der Waals surface area contributed by atoms with Gasteiger partial charge < -0.3 is 16.0 Å². The number of nitrogens with zero attached hydrogens (tertiary/aromatic N) is 1. The lowest BCUT2D eigenvalue weighted by molar-refractivity contribution is -0.135. The summed E-state index contributed by atoms with van der Waals surface area (Å²) in [5.74, 6) is -0.597. The van der Waals surface area contributed by atoms with Gasteiger partial charge in [-0.1, -0.05) is 32.4 Å². The summed E-state index contributed by atoms with van der Waals surface area (Å²) in [4.78, 5) is 51.4. The van der Waals surface area contributed by atoms with Crippen molar-refractivity contribution >= 4 is 41.0 Å². The Labute approximate surface area is 198 Å². The zero-order valence-corrected chi connectivity index (χ0v) is 20.1. The smallest absolute Gasteiger partial charge is 0.325 e. The van der Waals surface area contributed by atoms with Gasteiger partial charge in [-0.2, -0.15) is 0 Å². The van der Waals surface area contributed by atoms with E-state index in [0.717, 1.165) is 30.6 Å². The van der Waals surface area contributed by atoms with Gasteiger partial charge >= 0.3 is 6.03 Å². The Hall–Kier alpha value is -2.61. The van der Waals surface area contributed by atoms with Crippen molar-refractivity contribution in [3.8, 4) is 0 Å². The minimum absolute atomic E-state index is 0.155. The lowest BCUT2D eigenvalue weighted by atomic mass is 9.67. The molecule has 4 rings (SSSR count). The monoisotopic (exact) mass is 474 g/mol. The first kappa shape index (κ1) is 23.5. The first-order valence-corrected chi connectivity index (χ1v) is 11.9. The fraction of sp³-hybridized carbons (Fsp3) is 0.583. The average molecular weight is 475 g/mol. The van der Waals surface area contributed by atoms with Gasteiger partial charge in [0.05, 0.1) is 10.6 Å². The molecule has 1 aromatic rings. The molecule has 33 heavy (non-hydrogen) atoms. The topological polar surface area (TPSA) is 108 Å². The summed E-state index contributed by atoms with van der Waals surface area (Å²) in [7, 11) is 0. The number of carbonyl (C=O) groups excluding carboxylic acids is 4. The highest BCUT2D eigenvalue weighted by Crippen LogP contribution is 2.43. The molecule has 5 amide bonds. The SMILES string of the molecule is CC(C)(C)C1CCC2(CC1)NC(=O)N(CC(=O)Nc1ccc(C(=O)NC3CC3)c(Cl)c1)C2=O. The Bertz CT molecular complexity index is 991. The summed E-state index contributed by atoms with van der Waals surface area (Å²) in [5.41, 5.74) is -0.0230.